The molecule has 0 atom stereocenters. The first-order valence-corrected chi connectivity index (χ1v) is 9.48. The van der Waals surface area contributed by atoms with Crippen LogP contribution >= 0.6 is 0 Å². The quantitative estimate of drug-likeness (QED) is 0.317. The van der Waals surface area contributed by atoms with Gasteiger partial charge in [0.2, 0.25) is 0 Å². The molecule has 1 aromatic rings. The summed E-state index contributed by atoms with van der Waals surface area (Å²) in [4.78, 5) is 11.2. The number of unbranched alkanes of at least 4 members (excludes halogenated alkanes) is 1. The Bertz CT molecular complexity index is 508. The molecule has 0 aliphatic rings. The minimum Gasteiger partial charge on any atom is -0.379 e. The molecule has 26 heavy (non-hydrogen) atoms. The standard InChI is InChI=1S/C19H35N5O2/c1-5-7-12-25-14-15-26-13-11-21-19(20-6-2)22-16-17-9-8-10-18(23-17)24(3)4/h8-10H,5-7,11-16H2,1-4H3,(H2,20,21,22). The predicted octanol–water partition coefficient (Wildman–Crippen LogP) is 2.04. The Morgan fingerprint density at radius 1 is 1.08 bits per heavy atom. The van der Waals surface area contributed by atoms with Crippen molar-refractivity contribution in [1.82, 2.24) is 15.6 Å². The number of nitrogens with one attached hydrogen (secondary N) is 2. The van der Waals surface area contributed by atoms with Crippen molar-refractivity contribution in [1.29, 1.82) is 0 Å². The second-order valence-corrected chi connectivity index (χ2v) is 6.08. The monoisotopic (exact) mass is 365 g/mol. The number of ether oxygens (including phenoxy) is 2. The third-order valence-electron chi connectivity index (χ3n) is 3.55. The fraction of sp³-hybridized carbons (Fsp3) is 0.684. The van der Waals surface area contributed by atoms with E-state index < -0.39 is 0 Å². The molecule has 0 spiro atoms. The molecule has 0 aliphatic carbocycles. The van der Waals surface area contributed by atoms with Crippen molar-refractivity contribution >= 4 is 11.8 Å². The van der Waals surface area contributed by atoms with Crippen LogP contribution in [-0.2, 0) is 16.0 Å². The second-order valence-electron chi connectivity index (χ2n) is 6.08. The Labute approximate surface area is 158 Å². The number of nitrogens with zero attached hydrogens (tertiary/aromatic N) is 3. The van der Waals surface area contributed by atoms with Crippen molar-refractivity contribution in [2.75, 3.05) is 58.5 Å². The van der Waals surface area contributed by atoms with E-state index in [-0.39, 0.29) is 0 Å². The van der Waals surface area contributed by atoms with Gasteiger partial charge in [-0.05, 0) is 25.5 Å². The van der Waals surface area contributed by atoms with Gasteiger partial charge in [0.1, 0.15) is 5.82 Å². The van der Waals surface area contributed by atoms with E-state index >= 15 is 0 Å². The highest BCUT2D eigenvalue weighted by atomic mass is 16.5. The summed E-state index contributed by atoms with van der Waals surface area (Å²) in [5.74, 6) is 1.71. The first kappa shape index (κ1) is 22.2. The van der Waals surface area contributed by atoms with Crippen LogP contribution in [0, 0.1) is 0 Å². The third-order valence-corrected chi connectivity index (χ3v) is 3.55. The number of hydrogen-bond acceptors (Lipinski definition) is 5. The van der Waals surface area contributed by atoms with Crippen LogP contribution in [-0.4, -0.2) is 64.6 Å². The molecular formula is C19H35N5O2. The van der Waals surface area contributed by atoms with Crippen LogP contribution in [0.1, 0.15) is 32.4 Å². The van der Waals surface area contributed by atoms with Crippen molar-refractivity contribution in [3.05, 3.63) is 23.9 Å². The lowest BCUT2D eigenvalue weighted by atomic mass is 10.3. The van der Waals surface area contributed by atoms with Crippen LogP contribution in [0.3, 0.4) is 0 Å². The summed E-state index contributed by atoms with van der Waals surface area (Å²) in [6.07, 6.45) is 2.27. The maximum atomic E-state index is 5.56. The number of pyridine rings is 1. The van der Waals surface area contributed by atoms with Crippen LogP contribution < -0.4 is 15.5 Å². The lowest BCUT2D eigenvalue weighted by Gasteiger charge is -2.13. The molecule has 0 saturated heterocycles. The zero-order chi connectivity index (χ0) is 19.0. The summed E-state index contributed by atoms with van der Waals surface area (Å²) in [5, 5.41) is 6.51. The third kappa shape index (κ3) is 10.2. The fourth-order valence-electron chi connectivity index (χ4n) is 2.12. The van der Waals surface area contributed by atoms with Gasteiger partial charge in [-0.15, -0.1) is 0 Å². The number of anilines is 1. The number of hydrogen-bond donors (Lipinski definition) is 2. The van der Waals surface area contributed by atoms with Crippen molar-refractivity contribution in [2.45, 2.75) is 33.2 Å². The summed E-state index contributed by atoms with van der Waals surface area (Å²) in [6.45, 7) is 8.96. The predicted molar refractivity (Wildman–Crippen MR) is 108 cm³/mol. The van der Waals surface area contributed by atoms with Gasteiger partial charge in [0, 0.05) is 33.8 Å². The Balaban J connectivity index is 2.30. The molecule has 1 heterocycles. The summed E-state index contributed by atoms with van der Waals surface area (Å²) >= 11 is 0. The van der Waals surface area contributed by atoms with Gasteiger partial charge >= 0.3 is 0 Å². The topological polar surface area (TPSA) is 71.0 Å². The van der Waals surface area contributed by atoms with Gasteiger partial charge in [-0.25, -0.2) is 9.98 Å². The van der Waals surface area contributed by atoms with Gasteiger partial charge in [-0.2, -0.15) is 0 Å². The molecule has 0 unspecified atom stereocenters. The lowest BCUT2D eigenvalue weighted by molar-refractivity contribution is 0.0487. The molecule has 0 radical (unpaired) electrons. The molecule has 1 aromatic heterocycles. The van der Waals surface area contributed by atoms with Crippen LogP contribution in [0.15, 0.2) is 23.2 Å². The van der Waals surface area contributed by atoms with E-state index in [4.69, 9.17) is 9.47 Å². The largest absolute Gasteiger partial charge is 0.379 e. The molecule has 7 nitrogen and oxygen atoms in total. The second kappa shape index (κ2) is 14.3. The van der Waals surface area contributed by atoms with Gasteiger partial charge in [0.15, 0.2) is 5.96 Å². The molecule has 148 valence electrons. The minimum absolute atomic E-state index is 0.531. The van der Waals surface area contributed by atoms with E-state index in [1.54, 1.807) is 0 Å². The van der Waals surface area contributed by atoms with Crippen LogP contribution in [0.5, 0.6) is 0 Å². The highest BCUT2D eigenvalue weighted by molar-refractivity contribution is 5.79. The van der Waals surface area contributed by atoms with Gasteiger partial charge in [0.05, 0.1) is 32.1 Å². The lowest BCUT2D eigenvalue weighted by Crippen LogP contribution is -2.39. The Morgan fingerprint density at radius 2 is 1.85 bits per heavy atom. The molecule has 0 saturated carbocycles. The number of guanidine groups is 1. The maximum absolute atomic E-state index is 5.56. The molecule has 1 rings (SSSR count). The molecule has 2 N–H and O–H groups in total. The fourth-order valence-corrected chi connectivity index (χ4v) is 2.12. The van der Waals surface area contributed by atoms with E-state index in [9.17, 15) is 0 Å². The molecule has 0 aliphatic heterocycles. The number of aliphatic imine (C=N–C) groups is 1. The summed E-state index contributed by atoms with van der Waals surface area (Å²) in [6, 6.07) is 5.98. The Morgan fingerprint density at radius 3 is 2.54 bits per heavy atom. The van der Waals surface area contributed by atoms with E-state index in [0.717, 1.165) is 43.5 Å². The molecule has 0 fully saturated rings. The Hall–Kier alpha value is -1.86. The van der Waals surface area contributed by atoms with E-state index in [0.29, 0.717) is 32.9 Å². The Kier molecular flexibility index (Phi) is 12.2. The zero-order valence-corrected chi connectivity index (χ0v) is 16.8. The number of aromatic nitrogens is 1. The van der Waals surface area contributed by atoms with Gasteiger partial charge in [-0.1, -0.05) is 19.4 Å². The summed E-state index contributed by atoms with van der Waals surface area (Å²) in [7, 11) is 3.96. The average Bonchev–Trinajstić information content (AvgIpc) is 2.65. The highest BCUT2D eigenvalue weighted by Gasteiger charge is 2.01. The first-order valence-electron chi connectivity index (χ1n) is 9.48. The van der Waals surface area contributed by atoms with Gasteiger partial charge in [-0.3, -0.25) is 0 Å². The van der Waals surface area contributed by atoms with Crippen molar-refractivity contribution in [3.63, 3.8) is 0 Å². The minimum atomic E-state index is 0.531. The zero-order valence-electron chi connectivity index (χ0n) is 16.8. The van der Waals surface area contributed by atoms with Crippen LogP contribution in [0.25, 0.3) is 0 Å². The summed E-state index contributed by atoms with van der Waals surface area (Å²) < 4.78 is 11.0. The number of rotatable bonds is 13. The van der Waals surface area contributed by atoms with E-state index in [1.807, 2.05) is 44.1 Å². The van der Waals surface area contributed by atoms with Crippen molar-refractivity contribution in [3.8, 4) is 0 Å². The van der Waals surface area contributed by atoms with Crippen LogP contribution in [0.4, 0.5) is 5.82 Å². The first-order chi connectivity index (χ1) is 12.7. The van der Waals surface area contributed by atoms with Crippen LogP contribution in [0.2, 0.25) is 0 Å². The molecule has 7 heteroatoms. The highest BCUT2D eigenvalue weighted by Crippen LogP contribution is 2.08. The van der Waals surface area contributed by atoms with E-state index in [2.05, 4.69) is 27.5 Å². The average molecular weight is 366 g/mol. The molecule has 0 amide bonds. The van der Waals surface area contributed by atoms with E-state index in [1.165, 1.54) is 0 Å². The molecular weight excluding hydrogens is 330 g/mol. The van der Waals surface area contributed by atoms with Crippen molar-refractivity contribution < 1.29 is 9.47 Å². The molecule has 0 bridgehead atoms. The molecule has 0 aromatic carbocycles. The maximum Gasteiger partial charge on any atom is 0.191 e. The van der Waals surface area contributed by atoms with Gasteiger partial charge < -0.3 is 25.0 Å². The normalized spacial score (nSPS) is 11.5. The SMILES string of the molecule is CCCCOCCOCCNC(=NCc1cccc(N(C)C)n1)NCC. The summed E-state index contributed by atoms with van der Waals surface area (Å²) in [5.41, 5.74) is 0.939. The smallest absolute Gasteiger partial charge is 0.191 e. The van der Waals surface area contributed by atoms with Gasteiger partial charge in [0.25, 0.3) is 0 Å². The van der Waals surface area contributed by atoms with Crippen molar-refractivity contribution in [2.24, 2.45) is 4.99 Å².